The maximum atomic E-state index is 12.6. The number of aryl methyl sites for hydroxylation is 1. The van der Waals surface area contributed by atoms with Gasteiger partial charge in [-0.05, 0) is 43.2 Å². The van der Waals surface area contributed by atoms with Gasteiger partial charge < -0.3 is 15.6 Å². The van der Waals surface area contributed by atoms with Crippen LogP contribution < -0.4 is 10.6 Å². The van der Waals surface area contributed by atoms with Gasteiger partial charge in [0, 0.05) is 35.0 Å². The highest BCUT2D eigenvalue weighted by Crippen LogP contribution is 2.18. The van der Waals surface area contributed by atoms with Crippen LogP contribution in [-0.2, 0) is 6.42 Å². The smallest absolute Gasteiger partial charge is 0.270 e. The van der Waals surface area contributed by atoms with Gasteiger partial charge in [-0.3, -0.25) is 4.79 Å². The number of H-pyrrole nitrogens is 1. The Kier molecular flexibility index (Phi) is 5.01. The summed E-state index contributed by atoms with van der Waals surface area (Å²) in [5.74, 6) is 0.203. The third kappa shape index (κ3) is 4.01. The summed E-state index contributed by atoms with van der Waals surface area (Å²) in [5, 5.41) is 7.27. The molecule has 6 heteroatoms. The molecule has 0 aliphatic carbocycles. The molecule has 0 atom stereocenters. The number of fused-ring (bicyclic) bond motifs is 1. The molecule has 0 saturated heterocycles. The number of hydrogen-bond donors (Lipinski definition) is 3. The molecule has 2 aromatic carbocycles. The molecule has 0 spiro atoms. The third-order valence-corrected chi connectivity index (χ3v) is 4.47. The fraction of sp³-hybridized carbons (Fsp3) is 0.136. The number of benzene rings is 2. The van der Waals surface area contributed by atoms with Crippen molar-refractivity contribution >= 4 is 28.4 Å². The first-order chi connectivity index (χ1) is 13.7. The highest BCUT2D eigenvalue weighted by Gasteiger charge is 2.11. The predicted octanol–water partition coefficient (Wildman–Crippen LogP) is 3.98. The Hall–Kier alpha value is -3.67. The molecule has 0 radical (unpaired) electrons. The molecule has 0 fully saturated rings. The van der Waals surface area contributed by atoms with Gasteiger partial charge in [0.25, 0.3) is 5.91 Å². The van der Waals surface area contributed by atoms with Gasteiger partial charge in [-0.15, -0.1) is 0 Å². The molecule has 28 heavy (non-hydrogen) atoms. The topological polar surface area (TPSA) is 82.7 Å². The van der Waals surface area contributed by atoms with Crippen LogP contribution in [0.5, 0.6) is 0 Å². The van der Waals surface area contributed by atoms with Crippen molar-refractivity contribution in [1.82, 2.24) is 20.3 Å². The van der Waals surface area contributed by atoms with Gasteiger partial charge in [0.1, 0.15) is 5.69 Å². The molecule has 4 rings (SSSR count). The maximum Gasteiger partial charge on any atom is 0.270 e. The fourth-order valence-electron chi connectivity index (χ4n) is 3.13. The minimum absolute atomic E-state index is 0.207. The third-order valence-electron chi connectivity index (χ3n) is 4.47. The van der Waals surface area contributed by atoms with Crippen LogP contribution in [0.1, 0.15) is 21.7 Å². The Labute approximate surface area is 163 Å². The molecule has 0 aliphatic heterocycles. The quantitative estimate of drug-likeness (QED) is 0.479. The summed E-state index contributed by atoms with van der Waals surface area (Å²) < 4.78 is 0. The zero-order valence-electron chi connectivity index (χ0n) is 15.6. The second kappa shape index (κ2) is 7.92. The summed E-state index contributed by atoms with van der Waals surface area (Å²) in [6.07, 6.45) is 2.74. The predicted molar refractivity (Wildman–Crippen MR) is 111 cm³/mol. The van der Waals surface area contributed by atoms with Crippen LogP contribution in [0.3, 0.4) is 0 Å². The monoisotopic (exact) mass is 371 g/mol. The highest BCUT2D eigenvalue weighted by atomic mass is 16.1. The molecule has 1 amide bonds. The first-order valence-electron chi connectivity index (χ1n) is 9.20. The molecule has 2 aromatic heterocycles. The molecule has 0 bridgehead atoms. The Morgan fingerprint density at radius 1 is 1.04 bits per heavy atom. The molecule has 2 heterocycles. The average Bonchev–Trinajstić information content (AvgIpc) is 3.11. The number of para-hydroxylation sites is 2. The van der Waals surface area contributed by atoms with E-state index in [4.69, 9.17) is 0 Å². The van der Waals surface area contributed by atoms with Crippen LogP contribution in [-0.4, -0.2) is 27.4 Å². The molecule has 6 nitrogen and oxygen atoms in total. The van der Waals surface area contributed by atoms with E-state index in [1.807, 2.05) is 61.7 Å². The molecule has 0 saturated carbocycles. The van der Waals surface area contributed by atoms with Crippen LogP contribution in [0.15, 0.2) is 66.9 Å². The van der Waals surface area contributed by atoms with Crippen LogP contribution in [0, 0.1) is 6.92 Å². The average molecular weight is 371 g/mol. The molecule has 0 aliphatic rings. The summed E-state index contributed by atoms with van der Waals surface area (Å²) in [5.41, 5.74) is 4.24. The standard InChI is InChI=1S/C22H21N5O/c1-15-13-20(27-22(25-15)26-17-7-3-2-4-8-17)21(28)23-12-11-16-14-24-19-10-6-5-9-18(16)19/h2-10,13-14,24H,11-12H2,1H3,(H,23,28)(H,25,26,27). The molecular formula is C22H21N5O. The van der Waals surface area contributed by atoms with E-state index >= 15 is 0 Å². The number of nitrogens with one attached hydrogen (secondary N) is 3. The van der Waals surface area contributed by atoms with Gasteiger partial charge in [-0.2, -0.15) is 0 Å². The SMILES string of the molecule is Cc1cc(C(=O)NCCc2c[nH]c3ccccc23)nc(Nc2ccccc2)n1. The number of aromatic amines is 1. The highest BCUT2D eigenvalue weighted by molar-refractivity contribution is 5.92. The van der Waals surface area contributed by atoms with Crippen molar-refractivity contribution < 1.29 is 4.79 Å². The van der Waals surface area contributed by atoms with E-state index in [9.17, 15) is 4.79 Å². The second-order valence-corrected chi connectivity index (χ2v) is 6.57. The minimum atomic E-state index is -0.207. The molecule has 140 valence electrons. The summed E-state index contributed by atoms with van der Waals surface area (Å²) in [7, 11) is 0. The minimum Gasteiger partial charge on any atom is -0.361 e. The molecule has 0 unspecified atom stereocenters. The van der Waals surface area contributed by atoms with Crippen molar-refractivity contribution in [3.05, 3.63) is 83.8 Å². The maximum absolute atomic E-state index is 12.6. The Morgan fingerprint density at radius 2 is 1.82 bits per heavy atom. The molecule has 3 N–H and O–H groups in total. The number of rotatable bonds is 6. The number of nitrogens with zero attached hydrogens (tertiary/aromatic N) is 2. The van der Waals surface area contributed by atoms with Gasteiger partial charge in [-0.1, -0.05) is 36.4 Å². The summed E-state index contributed by atoms with van der Waals surface area (Å²) in [6.45, 7) is 2.38. The van der Waals surface area contributed by atoms with Gasteiger partial charge in [0.15, 0.2) is 0 Å². The van der Waals surface area contributed by atoms with E-state index in [0.717, 1.165) is 23.3 Å². The number of amides is 1. The zero-order valence-corrected chi connectivity index (χ0v) is 15.6. The van der Waals surface area contributed by atoms with E-state index in [0.29, 0.717) is 18.2 Å². The van der Waals surface area contributed by atoms with E-state index < -0.39 is 0 Å². The van der Waals surface area contributed by atoms with E-state index in [1.54, 1.807) is 6.07 Å². The van der Waals surface area contributed by atoms with E-state index in [1.165, 1.54) is 10.9 Å². The lowest BCUT2D eigenvalue weighted by atomic mass is 10.1. The van der Waals surface area contributed by atoms with E-state index in [2.05, 4.69) is 31.7 Å². The van der Waals surface area contributed by atoms with Crippen molar-refractivity contribution in [2.45, 2.75) is 13.3 Å². The lowest BCUT2D eigenvalue weighted by Crippen LogP contribution is -2.27. The van der Waals surface area contributed by atoms with Gasteiger partial charge in [-0.25, -0.2) is 9.97 Å². The van der Waals surface area contributed by atoms with Crippen molar-refractivity contribution in [3.63, 3.8) is 0 Å². The Balaban J connectivity index is 1.41. The van der Waals surface area contributed by atoms with Crippen molar-refractivity contribution in [2.24, 2.45) is 0 Å². The van der Waals surface area contributed by atoms with Crippen molar-refractivity contribution in [1.29, 1.82) is 0 Å². The molecular weight excluding hydrogens is 350 g/mol. The Morgan fingerprint density at radius 3 is 2.68 bits per heavy atom. The largest absolute Gasteiger partial charge is 0.361 e. The summed E-state index contributed by atoms with van der Waals surface area (Å²) in [4.78, 5) is 24.5. The van der Waals surface area contributed by atoms with Gasteiger partial charge in [0.2, 0.25) is 5.95 Å². The first-order valence-corrected chi connectivity index (χ1v) is 9.20. The van der Waals surface area contributed by atoms with Gasteiger partial charge in [0.05, 0.1) is 0 Å². The number of carbonyl (C=O) groups excluding carboxylic acids is 1. The fourth-order valence-corrected chi connectivity index (χ4v) is 3.13. The lowest BCUT2D eigenvalue weighted by Gasteiger charge is -2.09. The number of carbonyl (C=O) groups is 1. The number of anilines is 2. The Bertz CT molecular complexity index is 1100. The second-order valence-electron chi connectivity index (χ2n) is 6.57. The van der Waals surface area contributed by atoms with Crippen LogP contribution in [0.4, 0.5) is 11.6 Å². The van der Waals surface area contributed by atoms with Crippen molar-refractivity contribution in [3.8, 4) is 0 Å². The van der Waals surface area contributed by atoms with Gasteiger partial charge >= 0.3 is 0 Å². The first kappa shape index (κ1) is 17.7. The van der Waals surface area contributed by atoms with E-state index in [-0.39, 0.29) is 5.91 Å². The number of hydrogen-bond acceptors (Lipinski definition) is 4. The lowest BCUT2D eigenvalue weighted by molar-refractivity contribution is 0.0949. The summed E-state index contributed by atoms with van der Waals surface area (Å²) >= 11 is 0. The number of aromatic nitrogens is 3. The zero-order chi connectivity index (χ0) is 19.3. The van der Waals surface area contributed by atoms with Crippen molar-refractivity contribution in [2.75, 3.05) is 11.9 Å². The van der Waals surface area contributed by atoms with Crippen LogP contribution in [0.25, 0.3) is 10.9 Å². The normalized spacial score (nSPS) is 10.8. The molecule has 4 aromatic rings. The van der Waals surface area contributed by atoms with Crippen LogP contribution >= 0.6 is 0 Å². The van der Waals surface area contributed by atoms with Crippen LogP contribution in [0.2, 0.25) is 0 Å². The summed E-state index contributed by atoms with van der Waals surface area (Å²) in [6, 6.07) is 19.5.